The van der Waals surface area contributed by atoms with Gasteiger partial charge in [-0.2, -0.15) is 0 Å². The number of amides is 1. The maximum atomic E-state index is 11.6. The highest BCUT2D eigenvalue weighted by atomic mass is 16.6. The lowest BCUT2D eigenvalue weighted by Gasteiger charge is -2.17. The van der Waals surface area contributed by atoms with Gasteiger partial charge in [0.25, 0.3) is 0 Å². The molecule has 0 radical (unpaired) electrons. The number of ether oxygens (including phenoxy) is 3. The number of rotatable bonds is 7. The van der Waals surface area contributed by atoms with Crippen LogP contribution in [0.25, 0.3) is 11.2 Å². The second-order valence-corrected chi connectivity index (χ2v) is 7.32. The molecule has 5 atom stereocenters. The van der Waals surface area contributed by atoms with E-state index in [4.69, 9.17) is 14.2 Å². The van der Waals surface area contributed by atoms with Crippen molar-refractivity contribution in [1.29, 1.82) is 0 Å². The molecule has 12 heteroatoms. The van der Waals surface area contributed by atoms with Crippen LogP contribution in [0.15, 0.2) is 12.7 Å². The number of hydrogen-bond acceptors (Lipinski definition) is 10. The highest BCUT2D eigenvalue weighted by Gasteiger charge is 2.45. The van der Waals surface area contributed by atoms with E-state index in [0.29, 0.717) is 36.7 Å². The molecule has 2 fully saturated rings. The largest absolute Gasteiger partial charge is 0.447 e. The van der Waals surface area contributed by atoms with Gasteiger partial charge in [0, 0.05) is 13.2 Å². The second kappa shape index (κ2) is 9.08. The summed E-state index contributed by atoms with van der Waals surface area (Å²) < 4.78 is 17.8. The first kappa shape index (κ1) is 20.7. The summed E-state index contributed by atoms with van der Waals surface area (Å²) in [6.45, 7) is 3.51. The van der Waals surface area contributed by atoms with E-state index in [0.717, 1.165) is 12.8 Å². The lowest BCUT2D eigenvalue weighted by molar-refractivity contribution is -0.0533. The summed E-state index contributed by atoms with van der Waals surface area (Å²) in [6, 6.07) is 0.142. The lowest BCUT2D eigenvalue weighted by Crippen LogP contribution is -2.36. The summed E-state index contributed by atoms with van der Waals surface area (Å²) in [5, 5.41) is 26.7. The number of aromatic nitrogens is 4. The van der Waals surface area contributed by atoms with Crippen molar-refractivity contribution in [3.05, 3.63) is 12.7 Å². The van der Waals surface area contributed by atoms with Crippen molar-refractivity contribution >= 4 is 23.1 Å². The molecular weight excluding hydrogens is 396 g/mol. The number of fused-ring (bicyclic) bond motifs is 1. The Hall–Kier alpha value is -2.54. The van der Waals surface area contributed by atoms with Crippen LogP contribution in [-0.4, -0.2) is 86.5 Å². The number of hydrogen-bond donors (Lipinski definition) is 4. The molecule has 2 aromatic rings. The number of anilines is 1. The zero-order valence-corrected chi connectivity index (χ0v) is 16.6. The summed E-state index contributed by atoms with van der Waals surface area (Å²) in [4.78, 5) is 24.5. The second-order valence-electron chi connectivity index (χ2n) is 7.32. The number of nitrogens with one attached hydrogen (secondary N) is 2. The average Bonchev–Trinajstić information content (AvgIpc) is 3.47. The first-order valence-electron chi connectivity index (χ1n) is 10.0. The molecule has 4 N–H and O–H groups in total. The first-order chi connectivity index (χ1) is 14.6. The molecule has 4 unspecified atom stereocenters. The standard InChI is InChI=1S/C18H26N6O6/c1-2-4-19-18(27)29-7-11-13(25)14(26)17(30-11)24-9-22-12-15(20-8-21-16(12)24)23-10-3-5-28-6-10/h8-11,13-14,17,25-26H,2-7H2,1H3,(H,19,27)(H,20,21,23)/t10-,11?,13?,14?,17?/m1/s1. The van der Waals surface area contributed by atoms with Gasteiger partial charge in [0.05, 0.1) is 19.0 Å². The summed E-state index contributed by atoms with van der Waals surface area (Å²) in [5.74, 6) is 0.565. The molecule has 2 saturated heterocycles. The molecule has 164 valence electrons. The Kier molecular flexibility index (Phi) is 6.27. The summed E-state index contributed by atoms with van der Waals surface area (Å²) in [5.41, 5.74) is 0.971. The molecule has 2 aliphatic rings. The smallest absolute Gasteiger partial charge is 0.407 e. The highest BCUT2D eigenvalue weighted by molar-refractivity contribution is 5.82. The third-order valence-electron chi connectivity index (χ3n) is 5.14. The molecule has 2 aliphatic heterocycles. The van der Waals surface area contributed by atoms with Crippen LogP contribution < -0.4 is 10.6 Å². The van der Waals surface area contributed by atoms with Crippen molar-refractivity contribution in [3.63, 3.8) is 0 Å². The maximum absolute atomic E-state index is 11.6. The van der Waals surface area contributed by atoms with Crippen molar-refractivity contribution in [2.75, 3.05) is 31.7 Å². The van der Waals surface area contributed by atoms with Crippen molar-refractivity contribution in [2.24, 2.45) is 0 Å². The van der Waals surface area contributed by atoms with E-state index < -0.39 is 30.6 Å². The van der Waals surface area contributed by atoms with Crippen LogP contribution in [0.1, 0.15) is 26.0 Å². The highest BCUT2D eigenvalue weighted by Crippen LogP contribution is 2.32. The molecule has 4 rings (SSSR count). The molecule has 4 heterocycles. The Morgan fingerprint density at radius 3 is 2.97 bits per heavy atom. The third kappa shape index (κ3) is 4.17. The summed E-state index contributed by atoms with van der Waals surface area (Å²) >= 11 is 0. The molecular formula is C18H26N6O6. The van der Waals surface area contributed by atoms with Gasteiger partial charge in [0.15, 0.2) is 23.2 Å². The average molecular weight is 422 g/mol. The monoisotopic (exact) mass is 422 g/mol. The number of carbonyl (C=O) groups excluding carboxylic acids is 1. The number of nitrogens with zero attached hydrogens (tertiary/aromatic N) is 4. The van der Waals surface area contributed by atoms with Crippen molar-refractivity contribution in [2.45, 2.75) is 50.3 Å². The number of alkyl carbamates (subject to hydrolysis) is 1. The Bertz CT molecular complexity index is 872. The molecule has 0 aromatic carbocycles. The topological polar surface area (TPSA) is 153 Å². The SMILES string of the molecule is CCCNC(=O)OCC1OC(n2cnc3c(N[C@@H]4CCOC4)ncnc32)C(O)C1O. The van der Waals surface area contributed by atoms with E-state index in [-0.39, 0.29) is 12.6 Å². The first-order valence-corrected chi connectivity index (χ1v) is 10.0. The minimum Gasteiger partial charge on any atom is -0.447 e. The van der Waals surface area contributed by atoms with E-state index in [1.165, 1.54) is 12.7 Å². The maximum Gasteiger partial charge on any atom is 0.407 e. The van der Waals surface area contributed by atoms with Gasteiger partial charge in [-0.15, -0.1) is 0 Å². The molecule has 0 saturated carbocycles. The number of aliphatic hydroxyl groups excluding tert-OH is 2. The van der Waals surface area contributed by atoms with Gasteiger partial charge in [-0.25, -0.2) is 19.7 Å². The Morgan fingerprint density at radius 2 is 2.20 bits per heavy atom. The van der Waals surface area contributed by atoms with Crippen LogP contribution in [0, 0.1) is 0 Å². The number of aliphatic hydroxyl groups is 2. The minimum absolute atomic E-state index is 0.142. The van der Waals surface area contributed by atoms with Gasteiger partial charge in [-0.3, -0.25) is 4.57 Å². The van der Waals surface area contributed by atoms with Crippen LogP contribution in [0.3, 0.4) is 0 Å². The van der Waals surface area contributed by atoms with Crippen LogP contribution in [0.4, 0.5) is 10.6 Å². The van der Waals surface area contributed by atoms with Gasteiger partial charge < -0.3 is 35.1 Å². The van der Waals surface area contributed by atoms with Gasteiger partial charge in [0.2, 0.25) is 0 Å². The van der Waals surface area contributed by atoms with Crippen molar-refractivity contribution in [1.82, 2.24) is 24.8 Å². The lowest BCUT2D eigenvalue weighted by atomic mass is 10.1. The van der Waals surface area contributed by atoms with E-state index in [9.17, 15) is 15.0 Å². The van der Waals surface area contributed by atoms with E-state index in [1.54, 1.807) is 4.57 Å². The number of carbonyl (C=O) groups is 1. The van der Waals surface area contributed by atoms with E-state index >= 15 is 0 Å². The normalized spacial score (nSPS) is 28.7. The molecule has 2 aromatic heterocycles. The predicted octanol–water partition coefficient (Wildman–Crippen LogP) is -0.217. The number of imidazole rings is 1. The van der Waals surface area contributed by atoms with Gasteiger partial charge >= 0.3 is 6.09 Å². The molecule has 1 amide bonds. The third-order valence-corrected chi connectivity index (χ3v) is 5.14. The van der Waals surface area contributed by atoms with Crippen molar-refractivity contribution in [3.8, 4) is 0 Å². The Balaban J connectivity index is 1.47. The summed E-state index contributed by atoms with van der Waals surface area (Å²) in [7, 11) is 0. The van der Waals surface area contributed by atoms with E-state index in [1.807, 2.05) is 6.92 Å². The molecule has 30 heavy (non-hydrogen) atoms. The van der Waals surface area contributed by atoms with Gasteiger partial charge in [-0.05, 0) is 12.8 Å². The summed E-state index contributed by atoms with van der Waals surface area (Å²) in [6.07, 6.45) is -0.374. The molecule has 0 aliphatic carbocycles. The Labute approximate surface area is 172 Å². The van der Waals surface area contributed by atoms with Gasteiger partial charge in [0.1, 0.15) is 31.2 Å². The van der Waals surface area contributed by atoms with Crippen LogP contribution in [0.5, 0.6) is 0 Å². The molecule has 0 spiro atoms. The van der Waals surface area contributed by atoms with Crippen LogP contribution in [-0.2, 0) is 14.2 Å². The zero-order chi connectivity index (χ0) is 21.1. The van der Waals surface area contributed by atoms with Gasteiger partial charge in [-0.1, -0.05) is 6.92 Å². The van der Waals surface area contributed by atoms with Crippen LogP contribution >= 0.6 is 0 Å². The van der Waals surface area contributed by atoms with E-state index in [2.05, 4.69) is 25.6 Å². The Morgan fingerprint density at radius 1 is 1.33 bits per heavy atom. The van der Waals surface area contributed by atoms with Crippen LogP contribution in [0.2, 0.25) is 0 Å². The minimum atomic E-state index is -1.25. The molecule has 0 bridgehead atoms. The van der Waals surface area contributed by atoms with Crippen molar-refractivity contribution < 1.29 is 29.2 Å². The quantitative estimate of drug-likeness (QED) is 0.471. The fraction of sp³-hybridized carbons (Fsp3) is 0.667. The predicted molar refractivity (Wildman–Crippen MR) is 104 cm³/mol. The zero-order valence-electron chi connectivity index (χ0n) is 16.6. The fourth-order valence-corrected chi connectivity index (χ4v) is 3.52. The molecule has 12 nitrogen and oxygen atoms in total. The fourth-order valence-electron chi connectivity index (χ4n) is 3.52.